The van der Waals surface area contributed by atoms with E-state index >= 15 is 0 Å². The number of ether oxygens (including phenoxy) is 2. The van der Waals surface area contributed by atoms with E-state index in [1.165, 1.54) is 0 Å². The van der Waals surface area contributed by atoms with Crippen molar-refractivity contribution in [3.05, 3.63) is 86.5 Å². The molecule has 6 heteroatoms. The quantitative estimate of drug-likeness (QED) is 0.444. The molecule has 2 aromatic carbocycles. The Morgan fingerprint density at radius 2 is 1.79 bits per heavy atom. The Bertz CT molecular complexity index is 1110. The summed E-state index contributed by atoms with van der Waals surface area (Å²) in [5, 5.41) is 3.01. The minimum Gasteiger partial charge on any atom is -0.487 e. The molecule has 2 heterocycles. The fourth-order valence-electron chi connectivity index (χ4n) is 3.08. The standard InChI is InChI=1S/C23H20N2O3S/c1-14-8-15(2)10-18(9-14)22-25-21(23(26)28-22)11-17-4-6-20(7-5-17)27-12-19-13-29-16(3)24-19/h4-11,13H,12H2,1-3H3/b21-11-. The number of aryl methyl sites for hydroxylation is 3. The lowest BCUT2D eigenvalue weighted by molar-refractivity contribution is -0.129. The van der Waals surface area contributed by atoms with Gasteiger partial charge in [-0.2, -0.15) is 0 Å². The van der Waals surface area contributed by atoms with Gasteiger partial charge in [0.2, 0.25) is 5.90 Å². The van der Waals surface area contributed by atoms with Gasteiger partial charge >= 0.3 is 5.97 Å². The van der Waals surface area contributed by atoms with Crippen molar-refractivity contribution in [3.63, 3.8) is 0 Å². The van der Waals surface area contributed by atoms with Crippen molar-refractivity contribution in [2.75, 3.05) is 0 Å². The Morgan fingerprint density at radius 1 is 1.07 bits per heavy atom. The molecule has 5 nitrogen and oxygen atoms in total. The maximum Gasteiger partial charge on any atom is 0.363 e. The Morgan fingerprint density at radius 3 is 2.45 bits per heavy atom. The van der Waals surface area contributed by atoms with Gasteiger partial charge in [-0.3, -0.25) is 0 Å². The fourth-order valence-corrected chi connectivity index (χ4v) is 3.68. The Balaban J connectivity index is 1.48. The summed E-state index contributed by atoms with van der Waals surface area (Å²) in [7, 11) is 0. The number of esters is 1. The zero-order valence-electron chi connectivity index (χ0n) is 16.4. The largest absolute Gasteiger partial charge is 0.487 e. The van der Waals surface area contributed by atoms with Crippen LogP contribution in [-0.2, 0) is 16.1 Å². The maximum absolute atomic E-state index is 12.2. The highest BCUT2D eigenvalue weighted by atomic mass is 32.1. The molecular formula is C23H20N2O3S. The summed E-state index contributed by atoms with van der Waals surface area (Å²) in [5.74, 6) is 0.635. The zero-order valence-corrected chi connectivity index (χ0v) is 17.2. The lowest BCUT2D eigenvalue weighted by atomic mass is 10.1. The third kappa shape index (κ3) is 4.60. The van der Waals surface area contributed by atoms with Crippen LogP contribution in [0.25, 0.3) is 6.08 Å². The summed E-state index contributed by atoms with van der Waals surface area (Å²) in [6.45, 7) is 6.41. The Hall–Kier alpha value is -3.25. The van der Waals surface area contributed by atoms with E-state index in [0.717, 1.165) is 38.7 Å². The van der Waals surface area contributed by atoms with Crippen LogP contribution in [0, 0.1) is 20.8 Å². The van der Waals surface area contributed by atoms with E-state index in [0.29, 0.717) is 12.5 Å². The normalized spacial score (nSPS) is 14.8. The molecule has 0 saturated carbocycles. The molecule has 3 aromatic rings. The number of hydrogen-bond donors (Lipinski definition) is 0. The minimum atomic E-state index is -0.446. The average Bonchev–Trinajstić information content (AvgIpc) is 3.26. The fraction of sp³-hybridized carbons (Fsp3) is 0.174. The van der Waals surface area contributed by atoms with Gasteiger partial charge in [0.1, 0.15) is 12.4 Å². The van der Waals surface area contributed by atoms with Gasteiger partial charge in [0.15, 0.2) is 5.70 Å². The van der Waals surface area contributed by atoms with Gasteiger partial charge in [0, 0.05) is 10.9 Å². The van der Waals surface area contributed by atoms with E-state index in [2.05, 4.69) is 16.0 Å². The van der Waals surface area contributed by atoms with Crippen molar-refractivity contribution < 1.29 is 14.3 Å². The molecule has 0 unspecified atom stereocenters. The highest BCUT2D eigenvalue weighted by Gasteiger charge is 2.24. The van der Waals surface area contributed by atoms with Crippen LogP contribution in [-0.4, -0.2) is 16.9 Å². The molecule has 29 heavy (non-hydrogen) atoms. The third-order valence-electron chi connectivity index (χ3n) is 4.33. The van der Waals surface area contributed by atoms with Gasteiger partial charge in [0.25, 0.3) is 0 Å². The van der Waals surface area contributed by atoms with E-state index in [1.54, 1.807) is 17.4 Å². The van der Waals surface area contributed by atoms with E-state index in [4.69, 9.17) is 9.47 Å². The monoisotopic (exact) mass is 404 g/mol. The van der Waals surface area contributed by atoms with Crippen molar-refractivity contribution in [1.82, 2.24) is 4.98 Å². The van der Waals surface area contributed by atoms with Crippen LogP contribution in [0.3, 0.4) is 0 Å². The van der Waals surface area contributed by atoms with E-state index < -0.39 is 5.97 Å². The molecule has 1 aromatic heterocycles. The number of hydrogen-bond acceptors (Lipinski definition) is 6. The number of carbonyl (C=O) groups is 1. The number of cyclic esters (lactones) is 1. The molecule has 0 saturated heterocycles. The number of nitrogens with zero attached hydrogens (tertiary/aromatic N) is 2. The molecule has 0 fully saturated rings. The molecular weight excluding hydrogens is 384 g/mol. The first-order chi connectivity index (χ1) is 14.0. The van der Waals surface area contributed by atoms with Crippen molar-refractivity contribution in [2.24, 2.45) is 4.99 Å². The SMILES string of the molecule is Cc1cc(C)cc(C2=N/C(=C\c3ccc(OCc4csc(C)n4)cc3)C(=O)O2)c1. The molecule has 4 rings (SSSR count). The molecule has 0 N–H and O–H groups in total. The second-order valence-corrected chi connectivity index (χ2v) is 7.99. The van der Waals surface area contributed by atoms with Gasteiger partial charge in [-0.25, -0.2) is 14.8 Å². The lowest BCUT2D eigenvalue weighted by Gasteiger charge is -2.04. The predicted octanol–water partition coefficient (Wildman–Crippen LogP) is 4.99. The highest BCUT2D eigenvalue weighted by Crippen LogP contribution is 2.22. The first-order valence-corrected chi connectivity index (χ1v) is 10.1. The van der Waals surface area contributed by atoms with Gasteiger partial charge in [-0.1, -0.05) is 29.3 Å². The molecule has 0 spiro atoms. The topological polar surface area (TPSA) is 60.8 Å². The van der Waals surface area contributed by atoms with Crippen LogP contribution in [0.2, 0.25) is 0 Å². The molecule has 0 aliphatic carbocycles. The number of aromatic nitrogens is 1. The summed E-state index contributed by atoms with van der Waals surface area (Å²) in [6, 6.07) is 13.5. The summed E-state index contributed by atoms with van der Waals surface area (Å²) in [6.07, 6.45) is 1.71. The van der Waals surface area contributed by atoms with E-state index in [-0.39, 0.29) is 5.70 Å². The minimum absolute atomic E-state index is 0.283. The zero-order chi connectivity index (χ0) is 20.4. The summed E-state index contributed by atoms with van der Waals surface area (Å²) in [4.78, 5) is 21.0. The van der Waals surface area contributed by atoms with Crippen molar-refractivity contribution in [1.29, 1.82) is 0 Å². The van der Waals surface area contributed by atoms with Gasteiger partial charge in [0.05, 0.1) is 10.7 Å². The van der Waals surface area contributed by atoms with Crippen LogP contribution < -0.4 is 4.74 Å². The molecule has 0 atom stereocenters. The first-order valence-electron chi connectivity index (χ1n) is 9.21. The molecule has 0 bridgehead atoms. The van der Waals surface area contributed by atoms with Gasteiger partial charge in [-0.05, 0) is 56.7 Å². The molecule has 0 amide bonds. The molecule has 1 aliphatic rings. The number of thiazole rings is 1. The number of aliphatic imine (C=N–C) groups is 1. The van der Waals surface area contributed by atoms with Crippen LogP contribution in [0.5, 0.6) is 5.75 Å². The second-order valence-electron chi connectivity index (χ2n) is 6.93. The predicted molar refractivity (Wildman–Crippen MR) is 114 cm³/mol. The third-order valence-corrected chi connectivity index (χ3v) is 5.15. The summed E-state index contributed by atoms with van der Waals surface area (Å²) in [5.41, 5.74) is 5.05. The molecule has 0 radical (unpaired) electrons. The first kappa shape index (κ1) is 19.1. The van der Waals surface area contributed by atoms with Crippen LogP contribution in [0.15, 0.2) is 58.5 Å². The van der Waals surface area contributed by atoms with E-state index in [9.17, 15) is 4.79 Å². The summed E-state index contributed by atoms with van der Waals surface area (Å²) >= 11 is 1.60. The average molecular weight is 404 g/mol. The number of benzene rings is 2. The Kier molecular flexibility index (Phi) is 5.27. The van der Waals surface area contributed by atoms with E-state index in [1.807, 2.05) is 62.5 Å². The maximum atomic E-state index is 12.2. The smallest absolute Gasteiger partial charge is 0.363 e. The second kappa shape index (κ2) is 8.01. The molecule has 1 aliphatic heterocycles. The molecule has 146 valence electrons. The number of carbonyl (C=O) groups excluding carboxylic acids is 1. The van der Waals surface area contributed by atoms with Gasteiger partial charge < -0.3 is 9.47 Å². The van der Waals surface area contributed by atoms with Crippen molar-refractivity contribution in [2.45, 2.75) is 27.4 Å². The highest BCUT2D eigenvalue weighted by molar-refractivity contribution is 7.09. The summed E-state index contributed by atoms with van der Waals surface area (Å²) < 4.78 is 11.1. The lowest BCUT2D eigenvalue weighted by Crippen LogP contribution is -2.05. The Labute approximate surface area is 173 Å². The van der Waals surface area contributed by atoms with Crippen LogP contribution in [0.4, 0.5) is 0 Å². The van der Waals surface area contributed by atoms with Crippen LogP contribution >= 0.6 is 11.3 Å². The van der Waals surface area contributed by atoms with Crippen molar-refractivity contribution in [3.8, 4) is 5.75 Å². The van der Waals surface area contributed by atoms with Gasteiger partial charge in [-0.15, -0.1) is 11.3 Å². The van der Waals surface area contributed by atoms with Crippen LogP contribution in [0.1, 0.15) is 33.0 Å². The number of rotatable bonds is 5. The van der Waals surface area contributed by atoms with Crippen molar-refractivity contribution >= 4 is 29.3 Å².